The first-order chi connectivity index (χ1) is 12.4. The Labute approximate surface area is 157 Å². The van der Waals surface area contributed by atoms with E-state index in [-0.39, 0.29) is 17.1 Å². The van der Waals surface area contributed by atoms with Crippen molar-refractivity contribution in [1.29, 1.82) is 0 Å². The summed E-state index contributed by atoms with van der Waals surface area (Å²) in [5.74, 6) is -1.43. The summed E-state index contributed by atoms with van der Waals surface area (Å²) in [6.45, 7) is 0. The highest BCUT2D eigenvalue weighted by Gasteiger charge is 2.36. The third-order valence-corrected chi connectivity index (χ3v) is 4.23. The number of nitrogens with zero attached hydrogens (tertiary/aromatic N) is 1. The van der Waals surface area contributed by atoms with Crippen LogP contribution in [0.25, 0.3) is 6.08 Å². The second kappa shape index (κ2) is 7.01. The fourth-order valence-electron chi connectivity index (χ4n) is 2.45. The highest BCUT2D eigenvalue weighted by atomic mass is 79.9. The van der Waals surface area contributed by atoms with E-state index in [0.717, 1.165) is 9.37 Å². The van der Waals surface area contributed by atoms with E-state index >= 15 is 0 Å². The first kappa shape index (κ1) is 17.7. The third kappa shape index (κ3) is 3.31. The zero-order chi connectivity index (χ0) is 18.8. The fraction of sp³-hybridized carbons (Fsp3) is 0.0556. The SMILES string of the molecule is COc1ccc(/C=C2\C(=O)NC(=O)N(c3ccc(Br)cc3)C2=O)cc1O. The number of phenols is 1. The molecule has 0 saturated carbocycles. The number of ether oxygens (including phenoxy) is 1. The molecule has 4 amide bonds. The molecule has 0 radical (unpaired) electrons. The van der Waals surface area contributed by atoms with E-state index in [1.807, 2.05) is 0 Å². The lowest BCUT2D eigenvalue weighted by Crippen LogP contribution is -2.54. The lowest BCUT2D eigenvalue weighted by atomic mass is 10.1. The van der Waals surface area contributed by atoms with E-state index in [2.05, 4.69) is 21.2 Å². The van der Waals surface area contributed by atoms with E-state index in [1.54, 1.807) is 30.3 Å². The zero-order valence-electron chi connectivity index (χ0n) is 13.5. The summed E-state index contributed by atoms with van der Waals surface area (Å²) in [7, 11) is 1.41. The molecule has 0 bridgehead atoms. The van der Waals surface area contributed by atoms with E-state index in [1.165, 1.54) is 25.3 Å². The number of urea groups is 1. The summed E-state index contributed by atoms with van der Waals surface area (Å²) >= 11 is 3.28. The Balaban J connectivity index is 1.99. The molecule has 3 rings (SSSR count). The number of carbonyl (C=O) groups excluding carboxylic acids is 3. The minimum atomic E-state index is -0.822. The Morgan fingerprint density at radius 3 is 2.42 bits per heavy atom. The Morgan fingerprint density at radius 2 is 1.81 bits per heavy atom. The highest BCUT2D eigenvalue weighted by molar-refractivity contribution is 9.10. The van der Waals surface area contributed by atoms with Gasteiger partial charge in [0.25, 0.3) is 11.8 Å². The van der Waals surface area contributed by atoms with Crippen molar-refractivity contribution >= 4 is 45.5 Å². The maximum Gasteiger partial charge on any atom is 0.335 e. The van der Waals surface area contributed by atoms with Crippen LogP contribution in [0.3, 0.4) is 0 Å². The summed E-state index contributed by atoms with van der Waals surface area (Å²) in [5, 5.41) is 12.0. The second-order valence-corrected chi connectivity index (χ2v) is 6.28. The molecule has 2 aromatic rings. The molecule has 0 unspecified atom stereocenters. The minimum absolute atomic E-state index is 0.133. The second-order valence-electron chi connectivity index (χ2n) is 5.37. The van der Waals surface area contributed by atoms with Gasteiger partial charge in [0, 0.05) is 4.47 Å². The Hall–Kier alpha value is -3.13. The fourth-order valence-corrected chi connectivity index (χ4v) is 2.71. The summed E-state index contributed by atoms with van der Waals surface area (Å²) in [4.78, 5) is 37.8. The largest absolute Gasteiger partial charge is 0.504 e. The molecule has 0 aromatic heterocycles. The van der Waals surface area contributed by atoms with Crippen LogP contribution in [0.4, 0.5) is 10.5 Å². The predicted octanol–water partition coefficient (Wildman–Crippen LogP) is 2.83. The van der Waals surface area contributed by atoms with Gasteiger partial charge in [-0.3, -0.25) is 14.9 Å². The first-order valence-electron chi connectivity index (χ1n) is 7.44. The van der Waals surface area contributed by atoms with Crippen molar-refractivity contribution in [2.75, 3.05) is 12.0 Å². The maximum absolute atomic E-state index is 12.7. The molecule has 7 nitrogen and oxygen atoms in total. The molecule has 1 heterocycles. The van der Waals surface area contributed by atoms with Crippen LogP contribution >= 0.6 is 15.9 Å². The number of amides is 4. The normalized spacial score (nSPS) is 16.0. The number of hydrogen-bond donors (Lipinski definition) is 2. The van der Waals surface area contributed by atoms with Gasteiger partial charge >= 0.3 is 6.03 Å². The zero-order valence-corrected chi connectivity index (χ0v) is 15.1. The van der Waals surface area contributed by atoms with Crippen LogP contribution in [0.1, 0.15) is 5.56 Å². The van der Waals surface area contributed by atoms with Gasteiger partial charge in [-0.15, -0.1) is 0 Å². The lowest BCUT2D eigenvalue weighted by Gasteiger charge is -2.26. The number of imide groups is 2. The number of methoxy groups -OCH3 is 1. The molecule has 0 atom stereocenters. The van der Waals surface area contributed by atoms with E-state index in [9.17, 15) is 19.5 Å². The first-order valence-corrected chi connectivity index (χ1v) is 8.24. The molecule has 1 aliphatic heterocycles. The molecule has 2 aromatic carbocycles. The minimum Gasteiger partial charge on any atom is -0.504 e. The average Bonchev–Trinajstić information content (AvgIpc) is 2.60. The lowest BCUT2D eigenvalue weighted by molar-refractivity contribution is -0.122. The van der Waals surface area contributed by atoms with Crippen LogP contribution in [0.15, 0.2) is 52.5 Å². The van der Waals surface area contributed by atoms with Gasteiger partial charge in [0.1, 0.15) is 5.57 Å². The summed E-state index contributed by atoms with van der Waals surface area (Å²) in [5.41, 5.74) is 0.510. The van der Waals surface area contributed by atoms with Gasteiger partial charge in [-0.1, -0.05) is 22.0 Å². The average molecular weight is 417 g/mol. The number of anilines is 1. The van der Waals surface area contributed by atoms with Crippen molar-refractivity contribution in [3.63, 3.8) is 0 Å². The molecule has 0 aliphatic carbocycles. The predicted molar refractivity (Wildman–Crippen MR) is 97.8 cm³/mol. The van der Waals surface area contributed by atoms with E-state index < -0.39 is 17.8 Å². The molecule has 1 fully saturated rings. The van der Waals surface area contributed by atoms with Crippen molar-refractivity contribution < 1.29 is 24.2 Å². The monoisotopic (exact) mass is 416 g/mol. The van der Waals surface area contributed by atoms with Gasteiger partial charge < -0.3 is 9.84 Å². The molecule has 26 heavy (non-hydrogen) atoms. The number of phenolic OH excluding ortho intramolecular Hbond substituents is 1. The number of barbiturate groups is 1. The number of carbonyl (C=O) groups is 3. The van der Waals surface area contributed by atoms with Gasteiger partial charge in [-0.25, -0.2) is 9.69 Å². The van der Waals surface area contributed by atoms with Gasteiger partial charge in [0.2, 0.25) is 0 Å². The van der Waals surface area contributed by atoms with Crippen LogP contribution in [0, 0.1) is 0 Å². The number of aromatic hydroxyl groups is 1. The quantitative estimate of drug-likeness (QED) is 0.592. The van der Waals surface area contributed by atoms with Crippen molar-refractivity contribution in [3.8, 4) is 11.5 Å². The molecule has 0 spiro atoms. The number of halogens is 1. The summed E-state index contributed by atoms with van der Waals surface area (Å²) in [6, 6.07) is 10.1. The Bertz CT molecular complexity index is 937. The summed E-state index contributed by atoms with van der Waals surface area (Å²) in [6.07, 6.45) is 1.30. The van der Waals surface area contributed by atoms with Gasteiger partial charge in [-0.05, 0) is 48.0 Å². The Morgan fingerprint density at radius 1 is 1.12 bits per heavy atom. The van der Waals surface area contributed by atoms with Crippen molar-refractivity contribution in [2.45, 2.75) is 0 Å². The van der Waals surface area contributed by atoms with E-state index in [4.69, 9.17) is 4.74 Å². The molecule has 2 N–H and O–H groups in total. The number of benzene rings is 2. The van der Waals surface area contributed by atoms with Gasteiger partial charge in [-0.2, -0.15) is 0 Å². The van der Waals surface area contributed by atoms with Crippen LogP contribution in [0.5, 0.6) is 11.5 Å². The highest BCUT2D eigenvalue weighted by Crippen LogP contribution is 2.28. The molecular weight excluding hydrogens is 404 g/mol. The molecular formula is C18H13BrN2O5. The number of hydrogen-bond acceptors (Lipinski definition) is 5. The van der Waals surface area contributed by atoms with Crippen LogP contribution in [-0.2, 0) is 9.59 Å². The molecule has 1 aliphatic rings. The molecule has 132 valence electrons. The number of nitrogens with one attached hydrogen (secondary N) is 1. The Kier molecular flexibility index (Phi) is 4.77. The smallest absolute Gasteiger partial charge is 0.335 e. The standard InChI is InChI=1S/C18H13BrN2O5/c1-26-15-7-2-10(9-14(15)22)8-13-16(23)20-18(25)21(17(13)24)12-5-3-11(19)4-6-12/h2-9,22H,1H3,(H,20,23,25)/b13-8+. The van der Waals surface area contributed by atoms with Crippen LogP contribution < -0.4 is 15.0 Å². The van der Waals surface area contributed by atoms with Gasteiger partial charge in [0.05, 0.1) is 12.8 Å². The van der Waals surface area contributed by atoms with Crippen molar-refractivity contribution in [1.82, 2.24) is 5.32 Å². The third-order valence-electron chi connectivity index (χ3n) is 3.70. The van der Waals surface area contributed by atoms with Crippen molar-refractivity contribution in [3.05, 3.63) is 58.1 Å². The number of rotatable bonds is 3. The van der Waals surface area contributed by atoms with E-state index in [0.29, 0.717) is 11.3 Å². The van der Waals surface area contributed by atoms with Crippen LogP contribution in [-0.4, -0.2) is 30.1 Å². The van der Waals surface area contributed by atoms with Gasteiger partial charge in [0.15, 0.2) is 11.5 Å². The van der Waals surface area contributed by atoms with Crippen LogP contribution in [0.2, 0.25) is 0 Å². The topological polar surface area (TPSA) is 95.9 Å². The molecule has 1 saturated heterocycles. The van der Waals surface area contributed by atoms with Crippen molar-refractivity contribution in [2.24, 2.45) is 0 Å². The molecule has 8 heteroatoms. The maximum atomic E-state index is 12.7. The summed E-state index contributed by atoms with van der Waals surface area (Å²) < 4.78 is 5.74.